The number of carbonyl (C=O) groups is 1. The number of nitro groups is 1. The summed E-state index contributed by atoms with van der Waals surface area (Å²) in [5, 5.41) is 17.3. The average Bonchev–Trinajstić information content (AvgIpc) is 2.84. The number of amides is 1. The summed E-state index contributed by atoms with van der Waals surface area (Å²) in [4.78, 5) is 50.1. The lowest BCUT2D eigenvalue weighted by molar-refractivity contribution is -0.384. The maximum absolute atomic E-state index is 13.4. The molecule has 10 heteroatoms. The molecule has 0 fully saturated rings. The van der Waals surface area contributed by atoms with Crippen LogP contribution in [-0.4, -0.2) is 20.0 Å². The molecular weight excluding hydrogens is 438 g/mol. The number of aromatic nitrogens is 2. The van der Waals surface area contributed by atoms with Gasteiger partial charge in [0, 0.05) is 44.0 Å². The number of benzene rings is 2. The number of anilines is 1. The molecule has 0 aliphatic carbocycles. The number of carbonyl (C=O) groups excluding carboxylic acids is 1. The van der Waals surface area contributed by atoms with Gasteiger partial charge in [0.15, 0.2) is 0 Å². The van der Waals surface area contributed by atoms with Crippen LogP contribution in [0.3, 0.4) is 0 Å². The molecule has 1 amide bonds. The van der Waals surface area contributed by atoms with Crippen molar-refractivity contribution in [1.82, 2.24) is 14.5 Å². The number of hydrogen-bond acceptors (Lipinski definition) is 6. The van der Waals surface area contributed by atoms with Crippen LogP contribution in [0.5, 0.6) is 0 Å². The van der Waals surface area contributed by atoms with Gasteiger partial charge >= 0.3 is 5.69 Å². The number of rotatable bonds is 5. The third-order valence-corrected chi connectivity index (χ3v) is 5.94. The lowest BCUT2D eigenvalue weighted by Crippen LogP contribution is -2.44. The summed E-state index contributed by atoms with van der Waals surface area (Å²) in [6.45, 7) is 1.93. The Balaban J connectivity index is 1.89. The van der Waals surface area contributed by atoms with E-state index in [-0.39, 0.29) is 29.2 Å². The fourth-order valence-corrected chi connectivity index (χ4v) is 4.21. The van der Waals surface area contributed by atoms with Crippen LogP contribution in [0.4, 0.5) is 11.5 Å². The molecular formula is C24H23N5O5. The van der Waals surface area contributed by atoms with E-state index in [1.54, 1.807) is 13.0 Å². The van der Waals surface area contributed by atoms with Crippen LogP contribution in [0, 0.1) is 10.1 Å². The van der Waals surface area contributed by atoms with Gasteiger partial charge in [0.1, 0.15) is 5.82 Å². The van der Waals surface area contributed by atoms with Crippen molar-refractivity contribution in [3.05, 3.63) is 114 Å². The van der Waals surface area contributed by atoms with Crippen molar-refractivity contribution in [3.63, 3.8) is 0 Å². The predicted molar refractivity (Wildman–Crippen MR) is 126 cm³/mol. The summed E-state index contributed by atoms with van der Waals surface area (Å²) < 4.78 is 2.26. The minimum atomic E-state index is -0.919. The van der Waals surface area contributed by atoms with E-state index in [9.17, 15) is 24.5 Å². The number of non-ortho nitro benzene ring substituents is 1. The van der Waals surface area contributed by atoms with E-state index in [0.717, 1.165) is 10.1 Å². The number of hydrogen-bond donors (Lipinski definition) is 2. The largest absolute Gasteiger partial charge is 0.348 e. The molecule has 2 heterocycles. The minimum Gasteiger partial charge on any atom is -0.348 e. The predicted octanol–water partition coefficient (Wildman–Crippen LogP) is 2.14. The Kier molecular flexibility index (Phi) is 5.89. The zero-order valence-corrected chi connectivity index (χ0v) is 18.9. The molecule has 0 bridgehead atoms. The number of fused-ring (bicyclic) bond motifs is 1. The van der Waals surface area contributed by atoms with Crippen LogP contribution in [0.1, 0.15) is 29.5 Å². The van der Waals surface area contributed by atoms with E-state index < -0.39 is 28.0 Å². The highest BCUT2D eigenvalue weighted by Gasteiger charge is 2.37. The Hall–Kier alpha value is -4.47. The Morgan fingerprint density at radius 2 is 1.79 bits per heavy atom. The highest BCUT2D eigenvalue weighted by Crippen LogP contribution is 2.40. The first-order valence-electron chi connectivity index (χ1n) is 10.5. The van der Waals surface area contributed by atoms with Gasteiger partial charge < -0.3 is 10.6 Å². The molecule has 0 radical (unpaired) electrons. The molecule has 174 valence electrons. The summed E-state index contributed by atoms with van der Waals surface area (Å²) >= 11 is 0. The lowest BCUT2D eigenvalue weighted by Gasteiger charge is -2.31. The third kappa shape index (κ3) is 3.90. The zero-order chi connectivity index (χ0) is 24.6. The standard InChI is InChI=1S/C24H23N5O5/c1-14-18(22(30)25-13-15-8-5-4-6-9-15)19(16-10-7-11-17(12-16)29(33)34)20-21(26-14)27(2)24(32)28(3)23(20)31/h4-12,19,26H,13H2,1-3H3,(H,25,30). The van der Waals surface area contributed by atoms with Crippen LogP contribution < -0.4 is 21.9 Å². The molecule has 10 nitrogen and oxygen atoms in total. The van der Waals surface area contributed by atoms with Gasteiger partial charge in [0.2, 0.25) is 5.91 Å². The third-order valence-electron chi connectivity index (χ3n) is 5.94. The second-order valence-corrected chi connectivity index (χ2v) is 8.09. The van der Waals surface area contributed by atoms with Crippen LogP contribution in [0.2, 0.25) is 0 Å². The summed E-state index contributed by atoms with van der Waals surface area (Å²) in [5.41, 5.74) is 0.876. The van der Waals surface area contributed by atoms with Crippen LogP contribution in [0.15, 0.2) is 75.5 Å². The van der Waals surface area contributed by atoms with Gasteiger partial charge in [-0.2, -0.15) is 0 Å². The van der Waals surface area contributed by atoms with E-state index in [1.165, 1.54) is 36.9 Å². The molecule has 2 aromatic carbocycles. The van der Waals surface area contributed by atoms with E-state index >= 15 is 0 Å². The maximum atomic E-state index is 13.4. The average molecular weight is 461 g/mol. The maximum Gasteiger partial charge on any atom is 0.332 e. The summed E-state index contributed by atoms with van der Waals surface area (Å²) in [5.74, 6) is -1.09. The molecule has 3 aromatic rings. The molecule has 1 atom stereocenters. The van der Waals surface area contributed by atoms with Crippen LogP contribution >= 0.6 is 0 Å². The summed E-state index contributed by atoms with van der Waals surface area (Å²) in [7, 11) is 2.88. The Labute approximate surface area is 194 Å². The van der Waals surface area contributed by atoms with E-state index in [2.05, 4.69) is 10.6 Å². The SMILES string of the molecule is CC1=C(C(=O)NCc2ccccc2)C(c2cccc([N+](=O)[O-])c2)c2c(n(C)c(=O)n(C)c2=O)N1. The molecule has 1 aromatic heterocycles. The van der Waals surface area contributed by atoms with Crippen molar-refractivity contribution in [3.8, 4) is 0 Å². The highest BCUT2D eigenvalue weighted by atomic mass is 16.6. The number of nitrogens with one attached hydrogen (secondary N) is 2. The molecule has 1 unspecified atom stereocenters. The molecule has 0 saturated heterocycles. The number of allylic oxidation sites excluding steroid dienone is 1. The molecule has 34 heavy (non-hydrogen) atoms. The first-order chi connectivity index (χ1) is 16.2. The molecule has 1 aliphatic rings. The topological polar surface area (TPSA) is 128 Å². The Morgan fingerprint density at radius 3 is 2.47 bits per heavy atom. The normalized spacial score (nSPS) is 14.9. The zero-order valence-electron chi connectivity index (χ0n) is 18.9. The second-order valence-electron chi connectivity index (χ2n) is 8.09. The van der Waals surface area contributed by atoms with E-state index in [1.807, 2.05) is 30.3 Å². The van der Waals surface area contributed by atoms with Gasteiger partial charge in [0.05, 0.1) is 16.4 Å². The van der Waals surface area contributed by atoms with Gasteiger partial charge in [0.25, 0.3) is 11.2 Å². The molecule has 4 rings (SSSR count). The summed E-state index contributed by atoms with van der Waals surface area (Å²) in [6.07, 6.45) is 0. The van der Waals surface area contributed by atoms with Crippen molar-refractivity contribution in [1.29, 1.82) is 0 Å². The van der Waals surface area contributed by atoms with E-state index in [0.29, 0.717) is 11.3 Å². The van der Waals surface area contributed by atoms with Crippen molar-refractivity contribution in [2.75, 3.05) is 5.32 Å². The quantitative estimate of drug-likeness (QED) is 0.443. The second kappa shape index (κ2) is 8.81. The van der Waals surface area contributed by atoms with Gasteiger partial charge in [-0.15, -0.1) is 0 Å². The van der Waals surface area contributed by atoms with Crippen molar-refractivity contribution in [2.45, 2.75) is 19.4 Å². The van der Waals surface area contributed by atoms with Crippen molar-refractivity contribution in [2.24, 2.45) is 14.1 Å². The summed E-state index contributed by atoms with van der Waals surface area (Å²) in [6, 6.07) is 15.2. The highest BCUT2D eigenvalue weighted by molar-refractivity contribution is 5.98. The smallest absolute Gasteiger partial charge is 0.332 e. The van der Waals surface area contributed by atoms with Crippen molar-refractivity contribution >= 4 is 17.4 Å². The minimum absolute atomic E-state index is 0.166. The fraction of sp³-hybridized carbons (Fsp3) is 0.208. The van der Waals surface area contributed by atoms with Crippen LogP contribution in [-0.2, 0) is 25.4 Å². The molecule has 0 spiro atoms. The van der Waals surface area contributed by atoms with Gasteiger partial charge in [-0.3, -0.25) is 28.8 Å². The van der Waals surface area contributed by atoms with Gasteiger partial charge in [-0.25, -0.2) is 4.79 Å². The van der Waals surface area contributed by atoms with Gasteiger partial charge in [-0.05, 0) is 18.1 Å². The monoisotopic (exact) mass is 461 g/mol. The number of nitrogens with zero attached hydrogens (tertiary/aromatic N) is 3. The lowest BCUT2D eigenvalue weighted by atomic mass is 9.81. The number of nitro benzene ring substituents is 1. The first kappa shape index (κ1) is 22.7. The van der Waals surface area contributed by atoms with E-state index in [4.69, 9.17) is 0 Å². The van der Waals surface area contributed by atoms with Crippen LogP contribution in [0.25, 0.3) is 0 Å². The first-order valence-corrected chi connectivity index (χ1v) is 10.5. The molecule has 1 aliphatic heterocycles. The fourth-order valence-electron chi connectivity index (χ4n) is 4.21. The van der Waals surface area contributed by atoms with Crippen molar-refractivity contribution < 1.29 is 9.72 Å². The Morgan fingerprint density at radius 1 is 1.09 bits per heavy atom. The molecule has 0 saturated carbocycles. The Bertz CT molecular complexity index is 1450. The molecule has 2 N–H and O–H groups in total. The van der Waals surface area contributed by atoms with Gasteiger partial charge in [-0.1, -0.05) is 42.5 Å².